The van der Waals surface area contributed by atoms with Gasteiger partial charge in [0.2, 0.25) is 0 Å². The van der Waals surface area contributed by atoms with Gasteiger partial charge in [0, 0.05) is 0 Å². The van der Waals surface area contributed by atoms with E-state index >= 15 is 0 Å². The van der Waals surface area contributed by atoms with E-state index in [1.165, 1.54) is 0 Å². The Morgan fingerprint density at radius 3 is 2.80 bits per heavy atom. The second-order valence-electron chi connectivity index (χ2n) is 6.11. The van der Waals surface area contributed by atoms with Crippen LogP contribution in [0.1, 0.15) is 39.5 Å². The summed E-state index contributed by atoms with van der Waals surface area (Å²) in [5, 5.41) is 0. The van der Waals surface area contributed by atoms with Gasteiger partial charge in [-0.2, -0.15) is 0 Å². The summed E-state index contributed by atoms with van der Waals surface area (Å²) in [6, 6.07) is 0. The van der Waals surface area contributed by atoms with E-state index in [-0.39, 0.29) is 12.1 Å². The monoisotopic (exact) mass is 284 g/mol. The molecule has 0 radical (unpaired) electrons. The summed E-state index contributed by atoms with van der Waals surface area (Å²) in [7, 11) is 3.62. The molecule has 1 saturated carbocycles. The Morgan fingerprint density at radius 1 is 1.50 bits per heavy atom. The minimum Gasteiger partial charge on any atom is -0.440 e. The van der Waals surface area contributed by atoms with Crippen molar-refractivity contribution in [3.05, 3.63) is 0 Å². The van der Waals surface area contributed by atoms with E-state index in [0.717, 1.165) is 30.6 Å². The third kappa shape index (κ3) is 2.75. The maximum absolute atomic E-state index is 12.1. The molecule has 0 aromatic rings. The van der Waals surface area contributed by atoms with Gasteiger partial charge < -0.3 is 9.47 Å². The van der Waals surface area contributed by atoms with Crippen molar-refractivity contribution in [2.75, 3.05) is 20.6 Å². The number of ether oxygens (including phenoxy) is 2. The van der Waals surface area contributed by atoms with Gasteiger partial charge in [-0.3, -0.25) is 4.90 Å². The summed E-state index contributed by atoms with van der Waals surface area (Å²) >= 11 is 0. The number of hydrogen-bond acceptors (Lipinski definition) is 5. The molecule has 2 fully saturated rings. The number of imide groups is 1. The average molecular weight is 284 g/mol. The maximum Gasteiger partial charge on any atom is 0.421 e. The van der Waals surface area contributed by atoms with Gasteiger partial charge in [-0.1, -0.05) is 13.3 Å². The van der Waals surface area contributed by atoms with Crippen molar-refractivity contribution < 1.29 is 19.1 Å². The van der Waals surface area contributed by atoms with Gasteiger partial charge in [-0.25, -0.2) is 14.5 Å². The fourth-order valence-electron chi connectivity index (χ4n) is 2.82. The van der Waals surface area contributed by atoms with Crippen molar-refractivity contribution >= 4 is 12.2 Å². The van der Waals surface area contributed by atoms with E-state index in [1.807, 2.05) is 14.1 Å². The van der Waals surface area contributed by atoms with Gasteiger partial charge in [-0.15, -0.1) is 0 Å². The van der Waals surface area contributed by atoms with Gasteiger partial charge in [0.25, 0.3) is 0 Å². The lowest BCUT2D eigenvalue weighted by Crippen LogP contribution is -2.45. The predicted octanol–water partition coefficient (Wildman–Crippen LogP) is 2.43. The molecule has 0 aromatic carbocycles. The Morgan fingerprint density at radius 2 is 2.20 bits per heavy atom. The van der Waals surface area contributed by atoms with Crippen molar-refractivity contribution in [2.45, 2.75) is 51.4 Å². The second kappa shape index (κ2) is 5.60. The highest BCUT2D eigenvalue weighted by Gasteiger charge is 2.52. The summed E-state index contributed by atoms with van der Waals surface area (Å²) in [6.07, 6.45) is 2.48. The molecule has 114 valence electrons. The van der Waals surface area contributed by atoms with Gasteiger partial charge in [-0.05, 0) is 46.2 Å². The quantitative estimate of drug-likeness (QED) is 0.729. The molecular weight excluding hydrogens is 260 g/mol. The Hall–Kier alpha value is -1.30. The van der Waals surface area contributed by atoms with Crippen LogP contribution in [0.4, 0.5) is 9.59 Å². The fraction of sp³-hybridized carbons (Fsp3) is 0.857. The summed E-state index contributed by atoms with van der Waals surface area (Å²) in [6.45, 7) is 4.16. The van der Waals surface area contributed by atoms with E-state index < -0.39 is 17.8 Å². The molecule has 6 heteroatoms. The average Bonchev–Trinajstić information content (AvgIpc) is 2.71. The normalized spacial score (nSPS) is 31.6. The highest BCUT2D eigenvalue weighted by molar-refractivity contribution is 5.89. The third-order valence-electron chi connectivity index (χ3n) is 4.54. The SMILES string of the molecule is CC(OC(=O)N1CC2(CCCCC2C)OC1=O)N(C)C. The molecule has 0 aromatic heterocycles. The molecule has 2 aliphatic rings. The van der Waals surface area contributed by atoms with Crippen LogP contribution in [0.15, 0.2) is 0 Å². The molecule has 1 aliphatic heterocycles. The molecule has 1 saturated heterocycles. The third-order valence-corrected chi connectivity index (χ3v) is 4.54. The highest BCUT2D eigenvalue weighted by atomic mass is 16.6. The predicted molar refractivity (Wildman–Crippen MR) is 73.2 cm³/mol. The Labute approximate surface area is 120 Å². The number of carbonyl (C=O) groups is 2. The van der Waals surface area contributed by atoms with Gasteiger partial charge >= 0.3 is 12.2 Å². The molecule has 1 aliphatic carbocycles. The largest absolute Gasteiger partial charge is 0.440 e. The molecule has 3 atom stereocenters. The maximum atomic E-state index is 12.1. The molecule has 1 heterocycles. The molecule has 0 bridgehead atoms. The summed E-state index contributed by atoms with van der Waals surface area (Å²) in [5.41, 5.74) is -0.504. The smallest absolute Gasteiger partial charge is 0.421 e. The minimum atomic E-state index is -0.620. The van der Waals surface area contributed by atoms with Crippen LogP contribution in [0.3, 0.4) is 0 Å². The van der Waals surface area contributed by atoms with E-state index in [0.29, 0.717) is 6.54 Å². The zero-order valence-electron chi connectivity index (χ0n) is 12.7. The van der Waals surface area contributed by atoms with Crippen molar-refractivity contribution in [3.8, 4) is 0 Å². The van der Waals surface area contributed by atoms with Crippen LogP contribution in [0, 0.1) is 5.92 Å². The molecule has 2 amide bonds. The van der Waals surface area contributed by atoms with E-state index in [2.05, 4.69) is 6.92 Å². The second-order valence-corrected chi connectivity index (χ2v) is 6.11. The zero-order valence-corrected chi connectivity index (χ0v) is 12.7. The number of nitrogens with zero attached hydrogens (tertiary/aromatic N) is 2. The molecule has 3 unspecified atom stereocenters. The lowest BCUT2D eigenvalue weighted by molar-refractivity contribution is -0.0163. The fourth-order valence-corrected chi connectivity index (χ4v) is 2.82. The summed E-state index contributed by atoms with van der Waals surface area (Å²) < 4.78 is 10.8. The molecule has 0 N–H and O–H groups in total. The standard InChI is InChI=1S/C14H24N2O4/c1-10-7-5-6-8-14(10)9-16(13(18)20-14)12(17)19-11(2)15(3)4/h10-11H,5-9H2,1-4H3. The van der Waals surface area contributed by atoms with Gasteiger partial charge in [0.1, 0.15) is 5.60 Å². The Kier molecular flexibility index (Phi) is 4.22. The molecule has 1 spiro atoms. The topological polar surface area (TPSA) is 59.1 Å². The summed E-state index contributed by atoms with van der Waals surface area (Å²) in [5.74, 6) is 0.282. The first-order chi connectivity index (χ1) is 9.35. The number of carbonyl (C=O) groups excluding carboxylic acids is 2. The van der Waals surface area contributed by atoms with Gasteiger partial charge in [0.15, 0.2) is 6.23 Å². The van der Waals surface area contributed by atoms with Crippen molar-refractivity contribution in [1.82, 2.24) is 9.80 Å². The number of rotatable bonds is 2. The van der Waals surface area contributed by atoms with E-state index in [4.69, 9.17) is 9.47 Å². The van der Waals surface area contributed by atoms with Crippen LogP contribution in [0.5, 0.6) is 0 Å². The van der Waals surface area contributed by atoms with Crippen LogP contribution >= 0.6 is 0 Å². The Bertz CT molecular complexity index is 399. The first-order valence-electron chi connectivity index (χ1n) is 7.23. The minimum absolute atomic E-state index is 0.282. The number of amides is 2. The highest BCUT2D eigenvalue weighted by Crippen LogP contribution is 2.41. The molecular formula is C14H24N2O4. The van der Waals surface area contributed by atoms with Crippen molar-refractivity contribution in [3.63, 3.8) is 0 Å². The van der Waals surface area contributed by atoms with Crippen LogP contribution in [0.25, 0.3) is 0 Å². The Balaban J connectivity index is 2.03. The van der Waals surface area contributed by atoms with Crippen LogP contribution in [-0.2, 0) is 9.47 Å². The van der Waals surface area contributed by atoms with Crippen LogP contribution in [0.2, 0.25) is 0 Å². The van der Waals surface area contributed by atoms with Crippen molar-refractivity contribution in [1.29, 1.82) is 0 Å². The van der Waals surface area contributed by atoms with Gasteiger partial charge in [0.05, 0.1) is 6.54 Å². The van der Waals surface area contributed by atoms with E-state index in [1.54, 1.807) is 11.8 Å². The van der Waals surface area contributed by atoms with Crippen molar-refractivity contribution in [2.24, 2.45) is 5.92 Å². The lowest BCUT2D eigenvalue weighted by Gasteiger charge is -2.36. The van der Waals surface area contributed by atoms with E-state index in [9.17, 15) is 9.59 Å². The zero-order chi connectivity index (χ0) is 14.9. The summed E-state index contributed by atoms with van der Waals surface area (Å²) in [4.78, 5) is 26.9. The first-order valence-corrected chi connectivity index (χ1v) is 7.23. The first kappa shape index (κ1) is 15.1. The van der Waals surface area contributed by atoms with Crippen LogP contribution < -0.4 is 0 Å². The van der Waals surface area contributed by atoms with Crippen LogP contribution in [-0.4, -0.2) is 54.5 Å². The molecule has 2 rings (SSSR count). The number of hydrogen-bond donors (Lipinski definition) is 0. The molecule has 20 heavy (non-hydrogen) atoms. The lowest BCUT2D eigenvalue weighted by atomic mass is 9.76. The molecule has 6 nitrogen and oxygen atoms in total.